The van der Waals surface area contributed by atoms with Gasteiger partial charge in [-0.25, -0.2) is 0 Å². The van der Waals surface area contributed by atoms with Crippen molar-refractivity contribution < 1.29 is 87.6 Å². The fourth-order valence-electron chi connectivity index (χ4n) is 1.02. The fourth-order valence-corrected chi connectivity index (χ4v) is 3.42. The summed E-state index contributed by atoms with van der Waals surface area (Å²) >= 11 is 0. The molecule has 1 N–H and O–H groups in total. The van der Waals surface area contributed by atoms with Crippen LogP contribution in [0.15, 0.2) is 0 Å². The summed E-state index contributed by atoms with van der Waals surface area (Å²) in [6, 6.07) is 0. The molecular weight excluding hydrogens is 288 g/mol. The maximum atomic E-state index is 11.8. The zero-order chi connectivity index (χ0) is 11.9. The molecule has 0 rings (SSSR count). The summed E-state index contributed by atoms with van der Waals surface area (Å²) < 4.78 is 21.6. The van der Waals surface area contributed by atoms with Crippen LogP contribution >= 0.6 is 16.0 Å². The van der Waals surface area contributed by atoms with E-state index in [1.807, 2.05) is 0 Å². The van der Waals surface area contributed by atoms with Gasteiger partial charge in [-0.15, -0.1) is 0 Å². The molecule has 6 nitrogen and oxygen atoms in total. The van der Waals surface area contributed by atoms with E-state index in [1.54, 1.807) is 13.8 Å². The molecule has 92 valence electrons. The first-order valence-corrected chi connectivity index (χ1v) is 7.70. The smallest absolute Gasteiger partial charge is 0.841 e. The van der Waals surface area contributed by atoms with Gasteiger partial charge in [-0.1, -0.05) is 0 Å². The maximum Gasteiger partial charge on any atom is 1.00 e. The average molecular weight is 304 g/mol. The van der Waals surface area contributed by atoms with Crippen molar-refractivity contribution in [1.29, 1.82) is 0 Å². The molecule has 10 heteroatoms. The molecule has 0 aromatic heterocycles. The monoisotopic (exact) mass is 304 g/mol. The molecule has 0 amide bonds. The second kappa shape index (κ2) is 13.4. The first-order valence-electron chi connectivity index (χ1n) is 4.61. The van der Waals surface area contributed by atoms with E-state index in [1.165, 1.54) is 0 Å². The van der Waals surface area contributed by atoms with Gasteiger partial charge in [0, 0.05) is 0 Å². The van der Waals surface area contributed by atoms with Crippen molar-refractivity contribution in [1.82, 2.24) is 0 Å². The average Bonchev–Trinajstić information content (AvgIpc) is 2.01. The third kappa shape index (κ3) is 13.2. The summed E-state index contributed by atoms with van der Waals surface area (Å²) in [6.45, 7) is 3.67. The molecule has 0 aliphatic carbocycles. The Balaban J connectivity index is -0.000000980. The molecule has 0 radical (unpaired) electrons. The van der Waals surface area contributed by atoms with E-state index in [4.69, 9.17) is 9.05 Å². The van der Waals surface area contributed by atoms with E-state index in [0.717, 1.165) is 0 Å². The number of aliphatic hydroxyl groups is 1. The molecule has 1 unspecified atom stereocenters. The van der Waals surface area contributed by atoms with Crippen molar-refractivity contribution in [2.75, 3.05) is 25.5 Å². The van der Waals surface area contributed by atoms with Gasteiger partial charge in [-0.3, -0.25) is 4.57 Å². The number of rotatable bonds is 8. The van der Waals surface area contributed by atoms with Crippen LogP contribution in [0.1, 0.15) is 13.8 Å². The van der Waals surface area contributed by atoms with Gasteiger partial charge in [-0.2, -0.15) is 0 Å². The first kappa shape index (κ1) is 24.5. The van der Waals surface area contributed by atoms with Crippen LogP contribution in [0.2, 0.25) is 0 Å². The molecule has 17 heavy (non-hydrogen) atoms. The number of hydrogen-bond donors (Lipinski definition) is 1. The summed E-state index contributed by atoms with van der Waals surface area (Å²) in [4.78, 5) is 20.6. The largest absolute Gasteiger partial charge is 1.00 e. The molecule has 0 heterocycles. The molecule has 0 spiro atoms. The molecule has 0 fully saturated rings. The van der Waals surface area contributed by atoms with Crippen molar-refractivity contribution in [3.63, 3.8) is 0 Å². The molecule has 1 atom stereocenters. The Morgan fingerprint density at radius 1 is 1.24 bits per heavy atom. The Labute approximate surface area is 148 Å². The Kier molecular flexibility index (Phi) is 19.4. The van der Waals surface area contributed by atoms with Crippen LogP contribution < -0.4 is 68.9 Å². The molecule has 0 aromatic rings. The van der Waals surface area contributed by atoms with E-state index in [0.29, 0.717) is 0 Å². The van der Waals surface area contributed by atoms with E-state index in [9.17, 15) is 19.5 Å². The Bertz CT molecular complexity index is 209. The van der Waals surface area contributed by atoms with Crippen molar-refractivity contribution >= 4 is 16.0 Å². The van der Waals surface area contributed by atoms with Gasteiger partial charge >= 0.3 is 66.7 Å². The number of hydrogen-bond acceptors (Lipinski definition) is 6. The van der Waals surface area contributed by atoms with Crippen LogP contribution in [-0.4, -0.2) is 36.7 Å². The Hall–Kier alpha value is 2.46. The standard InChI is InChI=1S/C7H16O6P2.2Na/c1-3-12-15(11,13-4-2)6-7(8)5-14(9)10;;/h7-8H,3-6H2,1-2H3;;/q-2;2*+1. The second-order valence-corrected chi connectivity index (χ2v) is 5.93. The van der Waals surface area contributed by atoms with Crippen LogP contribution in [0.5, 0.6) is 0 Å². The first-order chi connectivity index (χ1) is 6.93. The van der Waals surface area contributed by atoms with Gasteiger partial charge in [0.1, 0.15) is 0 Å². The molecule has 0 saturated carbocycles. The maximum absolute atomic E-state index is 11.8. The second-order valence-electron chi connectivity index (χ2n) is 2.80. The van der Waals surface area contributed by atoms with E-state index in [2.05, 4.69) is 0 Å². The van der Waals surface area contributed by atoms with Gasteiger partial charge in [0.15, 0.2) is 0 Å². The minimum Gasteiger partial charge on any atom is -0.841 e. The predicted molar refractivity (Wildman–Crippen MR) is 53.5 cm³/mol. The Morgan fingerprint density at radius 3 is 1.94 bits per heavy atom. The molecule has 0 aromatic carbocycles. The van der Waals surface area contributed by atoms with Crippen LogP contribution in [0.4, 0.5) is 0 Å². The van der Waals surface area contributed by atoms with Gasteiger partial charge in [-0.05, 0) is 20.0 Å². The number of aliphatic hydroxyl groups excluding tert-OH is 1. The van der Waals surface area contributed by atoms with Crippen molar-refractivity contribution in [2.45, 2.75) is 20.0 Å². The van der Waals surface area contributed by atoms with E-state index < -0.39 is 28.2 Å². The Morgan fingerprint density at radius 2 is 1.65 bits per heavy atom. The summed E-state index contributed by atoms with van der Waals surface area (Å²) in [5, 5.41) is 9.29. The normalized spacial score (nSPS) is 12.8. The SMILES string of the molecule is CCOP(=O)(CC(O)CP([O-])[O-])OCC.[Na+].[Na+]. The summed E-state index contributed by atoms with van der Waals surface area (Å²) in [6.07, 6.45) is -1.94. The van der Waals surface area contributed by atoms with Crippen molar-refractivity contribution in [2.24, 2.45) is 0 Å². The van der Waals surface area contributed by atoms with Crippen LogP contribution in [0.3, 0.4) is 0 Å². The molecule has 0 saturated heterocycles. The quantitative estimate of drug-likeness (QED) is 0.353. The van der Waals surface area contributed by atoms with Gasteiger partial charge in [0.2, 0.25) is 0 Å². The van der Waals surface area contributed by atoms with Gasteiger partial charge < -0.3 is 32.3 Å². The van der Waals surface area contributed by atoms with Gasteiger partial charge in [0.25, 0.3) is 0 Å². The molecule has 0 aliphatic rings. The van der Waals surface area contributed by atoms with Crippen LogP contribution in [-0.2, 0) is 13.6 Å². The fraction of sp³-hybridized carbons (Fsp3) is 1.00. The van der Waals surface area contributed by atoms with E-state index >= 15 is 0 Å². The minimum absolute atomic E-state index is 0. The third-order valence-electron chi connectivity index (χ3n) is 1.45. The van der Waals surface area contributed by atoms with Crippen molar-refractivity contribution in [3.8, 4) is 0 Å². The third-order valence-corrected chi connectivity index (χ3v) is 4.34. The van der Waals surface area contributed by atoms with Gasteiger partial charge in [0.05, 0.1) is 25.5 Å². The van der Waals surface area contributed by atoms with Crippen molar-refractivity contribution in [3.05, 3.63) is 0 Å². The molecule has 0 aliphatic heterocycles. The summed E-state index contributed by atoms with van der Waals surface area (Å²) in [5.41, 5.74) is 0. The van der Waals surface area contributed by atoms with Crippen LogP contribution in [0.25, 0.3) is 0 Å². The van der Waals surface area contributed by atoms with E-state index in [-0.39, 0.29) is 78.5 Å². The molecular formula is C7H16Na2O6P2. The molecule has 0 bridgehead atoms. The topological polar surface area (TPSA) is 102 Å². The zero-order valence-electron chi connectivity index (χ0n) is 10.8. The summed E-state index contributed by atoms with van der Waals surface area (Å²) in [5.74, 6) is 0. The predicted octanol–water partition coefficient (Wildman–Crippen LogP) is -6.35. The summed E-state index contributed by atoms with van der Waals surface area (Å²) in [7, 11) is -6.04. The minimum atomic E-state index is -3.35. The zero-order valence-corrected chi connectivity index (χ0v) is 16.6. The van der Waals surface area contributed by atoms with Crippen LogP contribution in [0, 0.1) is 0 Å².